The number of hydrogen-bond donors (Lipinski definition) is 1. The number of carbonyl (C=O) groups is 1. The Morgan fingerprint density at radius 3 is 2.55 bits per heavy atom. The topological polar surface area (TPSA) is 42.0 Å². The van der Waals surface area contributed by atoms with E-state index in [-0.39, 0.29) is 5.91 Å². The number of rotatable bonds is 8. The predicted molar refractivity (Wildman–Crippen MR) is 94.6 cm³/mol. The smallest absolute Gasteiger partial charge is 0.238 e. The van der Waals surface area contributed by atoms with Gasteiger partial charge in [0.05, 0.1) is 15.2 Å². The highest BCUT2D eigenvalue weighted by molar-refractivity contribution is 7.18. The molecular weight excluding hydrogens is 291 g/mol. The first-order valence-corrected chi connectivity index (χ1v) is 8.92. The number of aromatic nitrogens is 1. The predicted octanol–water partition coefficient (Wildman–Crippen LogP) is 4.57. The van der Waals surface area contributed by atoms with Gasteiger partial charge in [0.15, 0.2) is 0 Å². The first-order chi connectivity index (χ1) is 10.7. The van der Waals surface area contributed by atoms with Crippen LogP contribution in [0.4, 0.5) is 0 Å². The van der Waals surface area contributed by atoms with E-state index in [1.807, 2.05) is 12.1 Å². The van der Waals surface area contributed by atoms with Gasteiger partial charge in [-0.25, -0.2) is 4.98 Å². The molecule has 0 bridgehead atoms. The van der Waals surface area contributed by atoms with Crippen molar-refractivity contribution in [2.45, 2.75) is 58.3 Å². The van der Waals surface area contributed by atoms with Gasteiger partial charge >= 0.3 is 0 Å². The van der Waals surface area contributed by atoms with E-state index in [9.17, 15) is 4.79 Å². The molecule has 0 aliphatic heterocycles. The van der Waals surface area contributed by atoms with Crippen molar-refractivity contribution in [3.8, 4) is 0 Å². The van der Waals surface area contributed by atoms with Gasteiger partial charge in [-0.3, -0.25) is 4.79 Å². The van der Waals surface area contributed by atoms with Crippen LogP contribution >= 0.6 is 11.3 Å². The molecule has 2 aromatic rings. The molecule has 2 radical (unpaired) electrons. The Balaban J connectivity index is 2.26. The third-order valence-corrected chi connectivity index (χ3v) is 5.14. The van der Waals surface area contributed by atoms with Crippen LogP contribution in [-0.2, 0) is 0 Å². The molecule has 0 unspecified atom stereocenters. The first kappa shape index (κ1) is 17.0. The van der Waals surface area contributed by atoms with Crippen molar-refractivity contribution in [3.63, 3.8) is 0 Å². The lowest BCUT2D eigenvalue weighted by Gasteiger charge is -2.12. The molecule has 3 nitrogen and oxygen atoms in total. The number of benzene rings is 1. The molecule has 1 aromatic heterocycles. The minimum Gasteiger partial charge on any atom is -0.405 e. The fourth-order valence-electron chi connectivity index (χ4n) is 2.63. The van der Waals surface area contributed by atoms with E-state index in [1.165, 1.54) is 43.5 Å². The molecule has 0 saturated carbocycles. The van der Waals surface area contributed by atoms with Crippen molar-refractivity contribution < 1.29 is 4.79 Å². The van der Waals surface area contributed by atoms with Gasteiger partial charge in [0.1, 0.15) is 0 Å². The summed E-state index contributed by atoms with van der Waals surface area (Å²) in [5, 5.41) is 3.39. The molecule has 1 heterocycles. The van der Waals surface area contributed by atoms with Gasteiger partial charge in [0, 0.05) is 11.5 Å². The highest BCUT2D eigenvalue weighted by Gasteiger charge is 2.16. The number of unbranched alkanes of at least 4 members (excludes halogenated alkanes) is 2. The van der Waals surface area contributed by atoms with Crippen LogP contribution in [0.1, 0.15) is 73.7 Å². The summed E-state index contributed by atoms with van der Waals surface area (Å²) >= 11 is 1.72. The summed E-state index contributed by atoms with van der Waals surface area (Å²) in [7, 11) is 5.20. The van der Waals surface area contributed by atoms with Crippen molar-refractivity contribution in [2.75, 3.05) is 0 Å². The lowest BCUT2D eigenvalue weighted by Crippen LogP contribution is -2.19. The molecule has 116 valence electrons. The second-order valence-corrected chi connectivity index (χ2v) is 6.75. The summed E-state index contributed by atoms with van der Waals surface area (Å²) in [4.78, 5) is 16.4. The Morgan fingerprint density at radius 2 is 1.95 bits per heavy atom. The highest BCUT2D eigenvalue weighted by atomic mass is 32.1. The van der Waals surface area contributed by atoms with Crippen LogP contribution in [0.5, 0.6) is 0 Å². The molecule has 2 rings (SSSR count). The first-order valence-electron chi connectivity index (χ1n) is 8.11. The Labute approximate surface area is 138 Å². The SMILES string of the molecule is [B]NC(=O)c1ccc2nc(C(CCCC)CCCC)sc2c1. The van der Waals surface area contributed by atoms with Crippen LogP contribution in [0.15, 0.2) is 18.2 Å². The molecule has 1 N–H and O–H groups in total. The Bertz CT molecular complexity index is 618. The van der Waals surface area contributed by atoms with E-state index in [4.69, 9.17) is 13.0 Å². The Hall–Kier alpha value is -1.36. The maximum absolute atomic E-state index is 11.6. The van der Waals surface area contributed by atoms with E-state index in [0.717, 1.165) is 10.2 Å². The molecule has 0 aliphatic carbocycles. The van der Waals surface area contributed by atoms with Gasteiger partial charge < -0.3 is 5.23 Å². The monoisotopic (exact) mass is 314 g/mol. The van der Waals surface area contributed by atoms with Crippen LogP contribution in [0.3, 0.4) is 0 Å². The number of nitrogens with zero attached hydrogens (tertiary/aromatic N) is 1. The normalized spacial score (nSPS) is 11.2. The summed E-state index contributed by atoms with van der Waals surface area (Å²) in [6, 6.07) is 5.58. The molecule has 0 spiro atoms. The van der Waals surface area contributed by atoms with Crippen LogP contribution in [0.25, 0.3) is 10.2 Å². The van der Waals surface area contributed by atoms with Gasteiger partial charge in [-0.2, -0.15) is 0 Å². The summed E-state index contributed by atoms with van der Waals surface area (Å²) < 4.78 is 1.06. The van der Waals surface area contributed by atoms with Crippen molar-refractivity contribution in [3.05, 3.63) is 28.8 Å². The van der Waals surface area contributed by atoms with Gasteiger partial charge in [-0.05, 0) is 31.0 Å². The molecule has 22 heavy (non-hydrogen) atoms. The number of thiazole rings is 1. The van der Waals surface area contributed by atoms with Crippen molar-refractivity contribution in [2.24, 2.45) is 0 Å². The van der Waals surface area contributed by atoms with Crippen molar-refractivity contribution in [1.29, 1.82) is 0 Å². The zero-order valence-electron chi connectivity index (χ0n) is 13.4. The molecule has 0 atom stereocenters. The van der Waals surface area contributed by atoms with Crippen LogP contribution < -0.4 is 5.23 Å². The molecule has 0 saturated heterocycles. The molecule has 5 heteroatoms. The van der Waals surface area contributed by atoms with Crippen molar-refractivity contribution in [1.82, 2.24) is 10.2 Å². The average Bonchev–Trinajstić information content (AvgIpc) is 2.97. The maximum Gasteiger partial charge on any atom is 0.238 e. The second-order valence-electron chi connectivity index (χ2n) is 5.69. The summed E-state index contributed by atoms with van der Waals surface area (Å²) in [5.74, 6) is 0.287. The summed E-state index contributed by atoms with van der Waals surface area (Å²) in [5.41, 5.74) is 1.57. The quantitative estimate of drug-likeness (QED) is 0.725. The zero-order valence-corrected chi connectivity index (χ0v) is 14.2. The van der Waals surface area contributed by atoms with E-state index >= 15 is 0 Å². The Morgan fingerprint density at radius 1 is 1.27 bits per heavy atom. The molecular formula is C17H23BN2OS. The van der Waals surface area contributed by atoms with E-state index in [2.05, 4.69) is 19.1 Å². The fraction of sp³-hybridized carbons (Fsp3) is 0.529. The number of hydrogen-bond acceptors (Lipinski definition) is 3. The van der Waals surface area contributed by atoms with E-state index in [1.54, 1.807) is 17.4 Å². The largest absolute Gasteiger partial charge is 0.405 e. The third kappa shape index (κ3) is 4.10. The number of fused-ring (bicyclic) bond motifs is 1. The summed E-state index contributed by atoms with van der Waals surface area (Å²) in [6.07, 6.45) is 7.32. The Kier molecular flexibility index (Phi) is 6.43. The molecule has 1 aromatic carbocycles. The summed E-state index contributed by atoms with van der Waals surface area (Å²) in [6.45, 7) is 4.46. The molecule has 1 amide bonds. The van der Waals surface area contributed by atoms with Crippen LogP contribution in [0, 0.1) is 0 Å². The van der Waals surface area contributed by atoms with Gasteiger partial charge in [-0.1, -0.05) is 39.5 Å². The van der Waals surface area contributed by atoms with E-state index < -0.39 is 0 Å². The number of amides is 1. The second kappa shape index (κ2) is 8.32. The van der Waals surface area contributed by atoms with Gasteiger partial charge in [0.2, 0.25) is 13.9 Å². The maximum atomic E-state index is 11.6. The van der Waals surface area contributed by atoms with Gasteiger partial charge in [-0.15, -0.1) is 11.3 Å². The number of nitrogens with one attached hydrogen (secondary N) is 1. The van der Waals surface area contributed by atoms with Crippen LogP contribution in [-0.4, -0.2) is 18.9 Å². The zero-order chi connectivity index (χ0) is 15.9. The standard InChI is InChI=1S/C17H23BN2OS/c1-3-5-7-12(8-6-4-2)17-19-14-10-9-13(16(21)20-18)11-15(14)22-17/h9-12H,3-8H2,1-2H3,(H,20,21). The van der Waals surface area contributed by atoms with Gasteiger partial charge in [0.25, 0.3) is 0 Å². The van der Waals surface area contributed by atoms with Crippen LogP contribution in [0.2, 0.25) is 0 Å². The molecule has 0 fully saturated rings. The number of carbonyl (C=O) groups excluding carboxylic acids is 1. The molecule has 0 aliphatic rings. The minimum atomic E-state index is -0.259. The lowest BCUT2D eigenvalue weighted by atomic mass is 9.97. The van der Waals surface area contributed by atoms with E-state index in [0.29, 0.717) is 11.5 Å². The minimum absolute atomic E-state index is 0.259. The van der Waals surface area contributed by atoms with Crippen molar-refractivity contribution >= 4 is 35.4 Å². The average molecular weight is 314 g/mol. The fourth-order valence-corrected chi connectivity index (χ4v) is 3.81. The highest BCUT2D eigenvalue weighted by Crippen LogP contribution is 2.34. The lowest BCUT2D eigenvalue weighted by molar-refractivity contribution is 0.0981. The third-order valence-electron chi connectivity index (χ3n) is 3.96.